The number of primary amides is 1. The van der Waals surface area contributed by atoms with Crippen molar-refractivity contribution in [1.82, 2.24) is 0 Å². The highest BCUT2D eigenvalue weighted by atomic mass is 16.1. The zero-order valence-electron chi connectivity index (χ0n) is 8.48. The molecule has 0 rings (SSSR count). The number of carbonyl (C=O) groups is 1. The molecule has 0 radical (unpaired) electrons. The Morgan fingerprint density at radius 1 is 1.42 bits per heavy atom. The Morgan fingerprint density at radius 3 is 2.08 bits per heavy atom. The predicted molar refractivity (Wildman–Crippen MR) is 51.6 cm³/mol. The maximum Gasteiger partial charge on any atom is 0.223 e. The normalized spacial score (nSPS) is 12.7. The fourth-order valence-electron chi connectivity index (χ4n) is 1.30. The Balaban J connectivity index is 4.44. The summed E-state index contributed by atoms with van der Waals surface area (Å²) in [5, 5.41) is 0. The van der Waals surface area contributed by atoms with E-state index < -0.39 is 5.41 Å². The lowest BCUT2D eigenvalue weighted by atomic mass is 9.75. The molecule has 0 aromatic heterocycles. The molecule has 0 atom stereocenters. The van der Waals surface area contributed by atoms with Crippen LogP contribution in [0.25, 0.3) is 0 Å². The minimum absolute atomic E-state index is 0.0292. The van der Waals surface area contributed by atoms with Gasteiger partial charge in [-0.2, -0.15) is 0 Å². The molecule has 2 heteroatoms. The van der Waals surface area contributed by atoms with Gasteiger partial charge in [0.2, 0.25) is 5.91 Å². The van der Waals surface area contributed by atoms with Crippen molar-refractivity contribution in [2.75, 3.05) is 0 Å². The smallest absolute Gasteiger partial charge is 0.223 e. The van der Waals surface area contributed by atoms with Gasteiger partial charge < -0.3 is 5.73 Å². The molecule has 0 aliphatic rings. The van der Waals surface area contributed by atoms with Crippen LogP contribution < -0.4 is 5.73 Å². The number of hydrogen-bond acceptors (Lipinski definition) is 1. The SMILES string of the molecule is C=CC(C)(C)CC(C)(C)C(N)=O. The van der Waals surface area contributed by atoms with Crippen molar-refractivity contribution in [1.29, 1.82) is 0 Å². The molecule has 0 unspecified atom stereocenters. The topological polar surface area (TPSA) is 43.1 Å². The van der Waals surface area contributed by atoms with Crippen LogP contribution in [-0.4, -0.2) is 5.91 Å². The first kappa shape index (κ1) is 11.2. The van der Waals surface area contributed by atoms with E-state index in [1.165, 1.54) is 0 Å². The summed E-state index contributed by atoms with van der Waals surface area (Å²) in [6.45, 7) is 11.5. The van der Waals surface area contributed by atoms with Crippen molar-refractivity contribution >= 4 is 5.91 Å². The van der Waals surface area contributed by atoms with E-state index in [0.29, 0.717) is 0 Å². The Labute approximate surface area is 74.8 Å². The Bertz CT molecular complexity index is 192. The Hall–Kier alpha value is -0.790. The second-order valence-corrected chi connectivity index (χ2v) is 4.62. The summed E-state index contributed by atoms with van der Waals surface area (Å²) < 4.78 is 0. The molecule has 0 aromatic rings. The van der Waals surface area contributed by atoms with Crippen LogP contribution in [0.1, 0.15) is 34.1 Å². The monoisotopic (exact) mass is 169 g/mol. The average Bonchev–Trinajstić information content (AvgIpc) is 1.85. The molecular weight excluding hydrogens is 150 g/mol. The lowest BCUT2D eigenvalue weighted by Crippen LogP contribution is -2.35. The van der Waals surface area contributed by atoms with Crippen LogP contribution >= 0.6 is 0 Å². The van der Waals surface area contributed by atoms with Crippen molar-refractivity contribution < 1.29 is 4.79 Å². The second kappa shape index (κ2) is 3.30. The highest BCUT2D eigenvalue weighted by Gasteiger charge is 2.31. The van der Waals surface area contributed by atoms with E-state index in [9.17, 15) is 4.79 Å². The molecule has 0 bridgehead atoms. The van der Waals surface area contributed by atoms with E-state index >= 15 is 0 Å². The van der Waals surface area contributed by atoms with E-state index in [-0.39, 0.29) is 11.3 Å². The minimum atomic E-state index is -0.447. The Morgan fingerprint density at radius 2 is 1.83 bits per heavy atom. The van der Waals surface area contributed by atoms with Gasteiger partial charge in [-0.1, -0.05) is 33.8 Å². The van der Waals surface area contributed by atoms with E-state index in [4.69, 9.17) is 5.73 Å². The number of allylic oxidation sites excluding steroid dienone is 1. The van der Waals surface area contributed by atoms with Crippen LogP contribution in [0.2, 0.25) is 0 Å². The quantitative estimate of drug-likeness (QED) is 0.643. The summed E-state index contributed by atoms with van der Waals surface area (Å²) in [6.07, 6.45) is 2.59. The van der Waals surface area contributed by atoms with Gasteiger partial charge in [0, 0.05) is 5.41 Å². The lowest BCUT2D eigenvalue weighted by Gasteiger charge is -2.30. The highest BCUT2D eigenvalue weighted by Crippen LogP contribution is 2.33. The summed E-state index contributed by atoms with van der Waals surface area (Å²) in [5.41, 5.74) is 4.78. The summed E-state index contributed by atoms with van der Waals surface area (Å²) >= 11 is 0. The van der Waals surface area contributed by atoms with Crippen LogP contribution in [0.4, 0.5) is 0 Å². The van der Waals surface area contributed by atoms with E-state index in [1.807, 2.05) is 33.8 Å². The third kappa shape index (κ3) is 3.07. The van der Waals surface area contributed by atoms with Crippen LogP contribution in [0.5, 0.6) is 0 Å². The van der Waals surface area contributed by atoms with Gasteiger partial charge in [-0.3, -0.25) is 4.79 Å². The molecule has 0 heterocycles. The number of rotatable bonds is 4. The molecule has 2 N–H and O–H groups in total. The second-order valence-electron chi connectivity index (χ2n) is 4.62. The summed E-state index contributed by atoms with van der Waals surface area (Å²) in [7, 11) is 0. The number of nitrogens with two attached hydrogens (primary N) is 1. The molecular formula is C10H19NO. The van der Waals surface area contributed by atoms with Crippen molar-refractivity contribution in [3.8, 4) is 0 Å². The number of hydrogen-bond donors (Lipinski definition) is 1. The fourth-order valence-corrected chi connectivity index (χ4v) is 1.30. The highest BCUT2D eigenvalue weighted by molar-refractivity contribution is 5.79. The standard InChI is InChI=1S/C10H19NO/c1-6-9(2,3)7-10(4,5)8(11)12/h6H,1,7H2,2-5H3,(H2,11,12). The average molecular weight is 169 g/mol. The third-order valence-corrected chi connectivity index (χ3v) is 2.12. The van der Waals surface area contributed by atoms with Crippen LogP contribution in [0.3, 0.4) is 0 Å². The van der Waals surface area contributed by atoms with Gasteiger partial charge in [0.15, 0.2) is 0 Å². The minimum Gasteiger partial charge on any atom is -0.369 e. The number of amides is 1. The first-order valence-electron chi connectivity index (χ1n) is 4.15. The Kier molecular flexibility index (Phi) is 3.08. The zero-order chi connectivity index (χ0) is 9.99. The molecule has 0 saturated carbocycles. The molecule has 0 aliphatic carbocycles. The van der Waals surface area contributed by atoms with Crippen molar-refractivity contribution in [2.45, 2.75) is 34.1 Å². The molecule has 1 amide bonds. The van der Waals surface area contributed by atoms with Crippen LogP contribution in [0.15, 0.2) is 12.7 Å². The maximum absolute atomic E-state index is 11.0. The summed E-state index contributed by atoms with van der Waals surface area (Å²) in [5.74, 6) is -0.252. The maximum atomic E-state index is 11.0. The van der Waals surface area contributed by atoms with Crippen LogP contribution in [-0.2, 0) is 4.79 Å². The fraction of sp³-hybridized carbons (Fsp3) is 0.700. The van der Waals surface area contributed by atoms with Crippen molar-refractivity contribution in [2.24, 2.45) is 16.6 Å². The molecule has 0 aromatic carbocycles. The molecule has 0 spiro atoms. The van der Waals surface area contributed by atoms with Gasteiger partial charge in [-0.25, -0.2) is 0 Å². The van der Waals surface area contributed by atoms with Gasteiger partial charge in [0.25, 0.3) is 0 Å². The molecule has 2 nitrogen and oxygen atoms in total. The summed E-state index contributed by atoms with van der Waals surface area (Å²) in [4.78, 5) is 11.0. The van der Waals surface area contributed by atoms with Crippen LogP contribution in [0, 0.1) is 10.8 Å². The molecule has 12 heavy (non-hydrogen) atoms. The van der Waals surface area contributed by atoms with E-state index in [0.717, 1.165) is 6.42 Å². The largest absolute Gasteiger partial charge is 0.369 e. The van der Waals surface area contributed by atoms with Gasteiger partial charge >= 0.3 is 0 Å². The molecule has 0 saturated heterocycles. The number of carbonyl (C=O) groups excluding carboxylic acids is 1. The first-order chi connectivity index (χ1) is 5.21. The van der Waals surface area contributed by atoms with Gasteiger partial charge in [-0.15, -0.1) is 6.58 Å². The molecule has 70 valence electrons. The third-order valence-electron chi connectivity index (χ3n) is 2.12. The zero-order valence-corrected chi connectivity index (χ0v) is 8.48. The van der Waals surface area contributed by atoms with Crippen molar-refractivity contribution in [3.05, 3.63) is 12.7 Å². The summed E-state index contributed by atoms with van der Waals surface area (Å²) in [6, 6.07) is 0. The first-order valence-corrected chi connectivity index (χ1v) is 4.15. The van der Waals surface area contributed by atoms with E-state index in [1.54, 1.807) is 0 Å². The van der Waals surface area contributed by atoms with Gasteiger partial charge in [0.05, 0.1) is 0 Å². The van der Waals surface area contributed by atoms with Gasteiger partial charge in [0.1, 0.15) is 0 Å². The molecule has 0 fully saturated rings. The lowest BCUT2D eigenvalue weighted by molar-refractivity contribution is -0.127. The van der Waals surface area contributed by atoms with Crippen molar-refractivity contribution in [3.63, 3.8) is 0 Å². The van der Waals surface area contributed by atoms with Gasteiger partial charge in [-0.05, 0) is 11.8 Å². The van der Waals surface area contributed by atoms with E-state index in [2.05, 4.69) is 6.58 Å². The predicted octanol–water partition coefficient (Wildman–Crippen LogP) is 2.10. The molecule has 0 aliphatic heterocycles.